The smallest absolute Gasteiger partial charge is 0.319 e. The third kappa shape index (κ3) is 3.36. The number of carbonyl (C=O) groups excluding carboxylic acids is 2. The zero-order valence-corrected chi connectivity index (χ0v) is 13.9. The van der Waals surface area contributed by atoms with Gasteiger partial charge in [0.2, 0.25) is 5.91 Å². The molecule has 1 heterocycles. The molecule has 0 aromatic heterocycles. The van der Waals surface area contributed by atoms with E-state index in [2.05, 4.69) is 5.32 Å². The van der Waals surface area contributed by atoms with E-state index < -0.39 is 12.1 Å². The average molecular weight is 335 g/mol. The summed E-state index contributed by atoms with van der Waals surface area (Å²) in [5, 5.41) is 2.82. The maximum absolute atomic E-state index is 14.0. The summed E-state index contributed by atoms with van der Waals surface area (Å²) >= 11 is 0. The molecule has 3 rings (SSSR count). The van der Waals surface area contributed by atoms with Crippen LogP contribution in [0.15, 0.2) is 24.3 Å². The molecular weight excluding hydrogens is 313 g/mol. The number of halogens is 1. The highest BCUT2D eigenvalue weighted by molar-refractivity contribution is 5.87. The molecule has 130 valence electrons. The molecule has 6 nitrogen and oxygen atoms in total. The Labute approximate surface area is 140 Å². The minimum Gasteiger partial charge on any atom is -0.375 e. The van der Waals surface area contributed by atoms with Gasteiger partial charge in [-0.05, 0) is 25.8 Å². The third-order valence-electron chi connectivity index (χ3n) is 4.52. The highest BCUT2D eigenvalue weighted by Gasteiger charge is 2.40. The second-order valence-electron chi connectivity index (χ2n) is 6.35. The van der Waals surface area contributed by atoms with Gasteiger partial charge in [-0.15, -0.1) is 0 Å². The Morgan fingerprint density at radius 3 is 2.71 bits per heavy atom. The van der Waals surface area contributed by atoms with Crippen molar-refractivity contribution in [3.8, 4) is 0 Å². The quantitative estimate of drug-likeness (QED) is 0.894. The number of urea groups is 1. The number of nitrogens with one attached hydrogen (secondary N) is 1. The molecule has 0 radical (unpaired) electrons. The standard InChI is InChI=1S/C17H22FN3O3/c1-11(16(24-2)13-5-3-4-6-14(13)18)19-17(23)20-9-15(22)21(10-20)12-7-8-12/h3-6,11-12,16H,7-10H2,1-2H3,(H,19,23)/t11-,16+/m0/s1. The second kappa shape index (κ2) is 6.76. The minimum absolute atomic E-state index is 0.0160. The van der Waals surface area contributed by atoms with Gasteiger partial charge in [0.15, 0.2) is 0 Å². The zero-order chi connectivity index (χ0) is 17.3. The topological polar surface area (TPSA) is 61.9 Å². The van der Waals surface area contributed by atoms with Gasteiger partial charge in [-0.25, -0.2) is 9.18 Å². The minimum atomic E-state index is -0.604. The van der Waals surface area contributed by atoms with E-state index in [4.69, 9.17) is 4.74 Å². The predicted octanol–water partition coefficient (Wildman–Crippen LogP) is 1.88. The predicted molar refractivity (Wildman–Crippen MR) is 85.6 cm³/mol. The van der Waals surface area contributed by atoms with Crippen molar-refractivity contribution in [3.05, 3.63) is 35.6 Å². The lowest BCUT2D eigenvalue weighted by Gasteiger charge is -2.26. The number of ether oxygens (including phenoxy) is 1. The molecule has 3 amide bonds. The van der Waals surface area contributed by atoms with Crippen LogP contribution < -0.4 is 5.32 Å². The van der Waals surface area contributed by atoms with Crippen molar-refractivity contribution in [2.24, 2.45) is 0 Å². The van der Waals surface area contributed by atoms with Crippen LogP contribution in [-0.4, -0.2) is 54.1 Å². The molecule has 1 aliphatic heterocycles. The van der Waals surface area contributed by atoms with E-state index in [1.54, 1.807) is 30.0 Å². The van der Waals surface area contributed by atoms with Gasteiger partial charge < -0.3 is 15.0 Å². The van der Waals surface area contributed by atoms with Gasteiger partial charge in [0.05, 0.1) is 12.7 Å². The van der Waals surface area contributed by atoms with Crippen LogP contribution in [-0.2, 0) is 9.53 Å². The molecular formula is C17H22FN3O3. The first-order valence-electron chi connectivity index (χ1n) is 8.13. The molecule has 7 heteroatoms. The Kier molecular flexibility index (Phi) is 4.71. The van der Waals surface area contributed by atoms with Gasteiger partial charge in [0.1, 0.15) is 18.5 Å². The molecule has 1 aliphatic carbocycles. The van der Waals surface area contributed by atoms with E-state index in [1.165, 1.54) is 18.1 Å². The molecule has 1 saturated heterocycles. The van der Waals surface area contributed by atoms with Crippen LogP contribution >= 0.6 is 0 Å². The van der Waals surface area contributed by atoms with E-state index in [0.29, 0.717) is 12.2 Å². The van der Waals surface area contributed by atoms with Crippen LogP contribution in [0.2, 0.25) is 0 Å². The number of carbonyl (C=O) groups is 2. The Morgan fingerprint density at radius 2 is 2.08 bits per heavy atom. The number of benzene rings is 1. The van der Waals surface area contributed by atoms with Crippen molar-refractivity contribution < 1.29 is 18.7 Å². The largest absolute Gasteiger partial charge is 0.375 e. The Balaban J connectivity index is 1.63. The number of amides is 3. The van der Waals surface area contributed by atoms with Crippen LogP contribution in [0.25, 0.3) is 0 Å². The van der Waals surface area contributed by atoms with Crippen LogP contribution in [0.5, 0.6) is 0 Å². The molecule has 2 atom stereocenters. The molecule has 0 spiro atoms. The van der Waals surface area contributed by atoms with Crippen molar-refractivity contribution in [1.29, 1.82) is 0 Å². The first-order chi connectivity index (χ1) is 11.5. The fraction of sp³-hybridized carbons (Fsp3) is 0.529. The van der Waals surface area contributed by atoms with Gasteiger partial charge in [-0.1, -0.05) is 18.2 Å². The second-order valence-corrected chi connectivity index (χ2v) is 6.35. The van der Waals surface area contributed by atoms with Crippen molar-refractivity contribution in [1.82, 2.24) is 15.1 Å². The van der Waals surface area contributed by atoms with Crippen molar-refractivity contribution in [2.45, 2.75) is 38.0 Å². The molecule has 0 bridgehead atoms. The zero-order valence-electron chi connectivity index (χ0n) is 13.9. The number of rotatable bonds is 5. The summed E-state index contributed by atoms with van der Waals surface area (Å²) in [5.74, 6) is -0.389. The number of nitrogens with zero attached hydrogens (tertiary/aromatic N) is 2. The fourth-order valence-corrected chi connectivity index (χ4v) is 3.08. The van der Waals surface area contributed by atoms with Crippen molar-refractivity contribution in [3.63, 3.8) is 0 Å². The van der Waals surface area contributed by atoms with Crippen LogP contribution in [0.1, 0.15) is 31.4 Å². The molecule has 1 saturated carbocycles. The first kappa shape index (κ1) is 16.7. The lowest BCUT2D eigenvalue weighted by Crippen LogP contribution is -2.46. The maximum Gasteiger partial charge on any atom is 0.319 e. The average Bonchev–Trinajstić information content (AvgIpc) is 3.32. The highest BCUT2D eigenvalue weighted by Crippen LogP contribution is 2.29. The normalized spacial score (nSPS) is 20.2. The van der Waals surface area contributed by atoms with Gasteiger partial charge >= 0.3 is 6.03 Å². The summed E-state index contributed by atoms with van der Waals surface area (Å²) in [7, 11) is 1.48. The molecule has 2 aliphatic rings. The maximum atomic E-state index is 14.0. The highest BCUT2D eigenvalue weighted by atomic mass is 19.1. The molecule has 2 fully saturated rings. The molecule has 1 aromatic carbocycles. The summed E-state index contributed by atoms with van der Waals surface area (Å²) < 4.78 is 19.4. The molecule has 1 N–H and O–H groups in total. The van der Waals surface area contributed by atoms with Gasteiger partial charge in [-0.3, -0.25) is 9.69 Å². The van der Waals surface area contributed by atoms with Gasteiger partial charge in [-0.2, -0.15) is 0 Å². The van der Waals surface area contributed by atoms with E-state index in [1.807, 2.05) is 0 Å². The van der Waals surface area contributed by atoms with Crippen molar-refractivity contribution in [2.75, 3.05) is 20.3 Å². The third-order valence-corrected chi connectivity index (χ3v) is 4.52. The number of hydrogen-bond acceptors (Lipinski definition) is 3. The van der Waals surface area contributed by atoms with Gasteiger partial charge in [0, 0.05) is 18.7 Å². The summed E-state index contributed by atoms with van der Waals surface area (Å²) in [5.41, 5.74) is 0.393. The monoisotopic (exact) mass is 335 g/mol. The molecule has 24 heavy (non-hydrogen) atoms. The Bertz CT molecular complexity index is 635. The van der Waals surface area contributed by atoms with E-state index >= 15 is 0 Å². The van der Waals surface area contributed by atoms with Crippen LogP contribution in [0.3, 0.4) is 0 Å². The lowest BCUT2D eigenvalue weighted by molar-refractivity contribution is -0.127. The summed E-state index contributed by atoms with van der Waals surface area (Å²) in [6.07, 6.45) is 1.42. The van der Waals surface area contributed by atoms with E-state index in [-0.39, 0.29) is 30.3 Å². The summed E-state index contributed by atoms with van der Waals surface area (Å²) in [6, 6.07) is 5.85. The number of methoxy groups -OCH3 is 1. The fourth-order valence-electron chi connectivity index (χ4n) is 3.08. The summed E-state index contributed by atoms with van der Waals surface area (Å²) in [6.45, 7) is 2.17. The first-order valence-corrected chi connectivity index (χ1v) is 8.13. The Morgan fingerprint density at radius 1 is 1.38 bits per heavy atom. The molecule has 1 aromatic rings. The lowest BCUT2D eigenvalue weighted by atomic mass is 10.0. The van der Waals surface area contributed by atoms with E-state index in [9.17, 15) is 14.0 Å². The van der Waals surface area contributed by atoms with E-state index in [0.717, 1.165) is 12.8 Å². The summed E-state index contributed by atoms with van der Waals surface area (Å²) in [4.78, 5) is 27.6. The van der Waals surface area contributed by atoms with Gasteiger partial charge in [0.25, 0.3) is 0 Å². The SMILES string of the molecule is CO[C@@H](c1ccccc1F)[C@H](C)NC(=O)N1CC(=O)N(C2CC2)C1. The Hall–Kier alpha value is -2.15. The van der Waals surface area contributed by atoms with Crippen molar-refractivity contribution >= 4 is 11.9 Å². The number of hydrogen-bond donors (Lipinski definition) is 1. The molecule has 0 unspecified atom stereocenters. The van der Waals surface area contributed by atoms with Crippen LogP contribution in [0.4, 0.5) is 9.18 Å². The van der Waals surface area contributed by atoms with Crippen LogP contribution in [0, 0.1) is 5.82 Å².